The highest BCUT2D eigenvalue weighted by molar-refractivity contribution is 5.31. The minimum Gasteiger partial charge on any atom is -0.497 e. The average Bonchev–Trinajstić information content (AvgIpc) is 2.67. The van der Waals surface area contributed by atoms with Crippen molar-refractivity contribution in [3.8, 4) is 11.5 Å². The molecule has 2 aliphatic heterocycles. The Hall–Kier alpha value is -2.31. The number of likely N-dealkylation sites (tertiary alicyclic amines) is 1. The van der Waals surface area contributed by atoms with Crippen molar-refractivity contribution in [1.82, 2.24) is 9.47 Å². The number of hydrogen-bond acceptors (Lipinski definition) is 5. The number of β-amino-alcohol motifs (C(OH)–C–C–N with tert-alkyl or cyclic N) is 1. The maximum atomic E-state index is 12.1. The molecule has 1 unspecified atom stereocenters. The van der Waals surface area contributed by atoms with Crippen LogP contribution in [0.5, 0.6) is 11.5 Å². The summed E-state index contributed by atoms with van der Waals surface area (Å²) >= 11 is 0. The van der Waals surface area contributed by atoms with E-state index in [1.807, 2.05) is 34.9 Å². The van der Waals surface area contributed by atoms with Gasteiger partial charge in [-0.05, 0) is 42.7 Å². The van der Waals surface area contributed by atoms with E-state index in [1.165, 1.54) is 0 Å². The smallest absolute Gasteiger partial charge is 0.250 e. The van der Waals surface area contributed by atoms with Crippen molar-refractivity contribution in [2.24, 2.45) is 5.92 Å². The molecule has 0 amide bonds. The molecule has 0 spiro atoms. The van der Waals surface area contributed by atoms with Gasteiger partial charge in [0.25, 0.3) is 5.56 Å². The monoisotopic (exact) mass is 370 g/mol. The first-order chi connectivity index (χ1) is 13.1. The highest BCUT2D eigenvalue weighted by Crippen LogP contribution is 2.34. The summed E-state index contributed by atoms with van der Waals surface area (Å²) in [7, 11) is 1.63. The fourth-order valence-corrected chi connectivity index (χ4v) is 4.36. The number of piperidine rings is 1. The van der Waals surface area contributed by atoms with Gasteiger partial charge >= 0.3 is 0 Å². The molecule has 6 heteroatoms. The quantitative estimate of drug-likeness (QED) is 0.839. The minimum atomic E-state index is -0.552. The number of aliphatic hydroxyl groups is 1. The van der Waals surface area contributed by atoms with E-state index >= 15 is 0 Å². The van der Waals surface area contributed by atoms with Crippen LogP contribution < -0.4 is 15.0 Å². The zero-order chi connectivity index (χ0) is 18.8. The molecule has 1 aromatic carbocycles. The fraction of sp³-hybridized carbons (Fsp3) is 0.476. The second kappa shape index (κ2) is 7.74. The third-order valence-corrected chi connectivity index (χ3v) is 5.53. The molecule has 3 heterocycles. The number of pyridine rings is 1. The van der Waals surface area contributed by atoms with Gasteiger partial charge in [0.05, 0.1) is 7.11 Å². The van der Waals surface area contributed by atoms with Gasteiger partial charge in [-0.3, -0.25) is 9.69 Å². The highest BCUT2D eigenvalue weighted by atomic mass is 16.5. The zero-order valence-electron chi connectivity index (χ0n) is 15.6. The lowest BCUT2D eigenvalue weighted by atomic mass is 9.83. The van der Waals surface area contributed by atoms with Crippen LogP contribution in [0.3, 0.4) is 0 Å². The molecule has 0 saturated carbocycles. The predicted octanol–water partition coefficient (Wildman–Crippen LogP) is 1.72. The number of methoxy groups -OCH3 is 1. The van der Waals surface area contributed by atoms with Crippen LogP contribution in [0, 0.1) is 5.92 Å². The Kier molecular flexibility index (Phi) is 5.18. The normalized spacial score (nSPS) is 22.7. The van der Waals surface area contributed by atoms with Gasteiger partial charge < -0.3 is 19.1 Å². The van der Waals surface area contributed by atoms with Crippen LogP contribution in [0.2, 0.25) is 0 Å². The molecule has 3 atom stereocenters. The molecule has 1 aromatic heterocycles. The number of nitrogens with zero attached hydrogens (tertiary/aromatic N) is 2. The average molecular weight is 370 g/mol. The van der Waals surface area contributed by atoms with Crippen LogP contribution >= 0.6 is 0 Å². The first-order valence-electron chi connectivity index (χ1n) is 9.49. The van der Waals surface area contributed by atoms with Gasteiger partial charge in [0, 0.05) is 43.9 Å². The Balaban J connectivity index is 1.33. The summed E-state index contributed by atoms with van der Waals surface area (Å²) in [4.78, 5) is 14.4. The van der Waals surface area contributed by atoms with Crippen molar-refractivity contribution in [1.29, 1.82) is 0 Å². The molecule has 4 rings (SSSR count). The van der Waals surface area contributed by atoms with Crippen molar-refractivity contribution in [2.45, 2.75) is 25.0 Å². The Morgan fingerprint density at radius 1 is 1.11 bits per heavy atom. The summed E-state index contributed by atoms with van der Waals surface area (Å²) in [5.74, 6) is 2.33. The molecule has 1 saturated heterocycles. The molecule has 2 bridgehead atoms. The number of hydrogen-bond donors (Lipinski definition) is 1. The standard InChI is InChI=1S/C21H26N2O4/c1-26-18-5-7-19(8-6-18)27-14-17(24)13-22-10-15-9-16(12-22)20-3-2-4-21(25)23(20)11-15/h2-8,15-17,24H,9-14H2,1H3/t15-,16-,17?/m1/s1. The number of fused-ring (bicyclic) bond motifs is 4. The molecule has 27 heavy (non-hydrogen) atoms. The van der Waals surface area contributed by atoms with Crippen molar-refractivity contribution in [2.75, 3.05) is 33.4 Å². The summed E-state index contributed by atoms with van der Waals surface area (Å²) in [5, 5.41) is 10.4. The van der Waals surface area contributed by atoms with Gasteiger partial charge in [0.1, 0.15) is 24.2 Å². The summed E-state index contributed by atoms with van der Waals surface area (Å²) in [6, 6.07) is 12.9. The molecule has 1 N–H and O–H groups in total. The Bertz CT molecular complexity index is 833. The summed E-state index contributed by atoms with van der Waals surface area (Å²) < 4.78 is 12.8. The lowest BCUT2D eigenvalue weighted by Gasteiger charge is -2.43. The van der Waals surface area contributed by atoms with Gasteiger partial charge in [0.2, 0.25) is 0 Å². The molecule has 0 aliphatic carbocycles. The summed E-state index contributed by atoms with van der Waals surface area (Å²) in [6.45, 7) is 3.41. The van der Waals surface area contributed by atoms with Gasteiger partial charge in [-0.25, -0.2) is 0 Å². The number of benzene rings is 1. The highest BCUT2D eigenvalue weighted by Gasteiger charge is 2.34. The lowest BCUT2D eigenvalue weighted by molar-refractivity contribution is 0.0384. The van der Waals surface area contributed by atoms with E-state index in [9.17, 15) is 9.90 Å². The van der Waals surface area contributed by atoms with Crippen molar-refractivity contribution in [3.63, 3.8) is 0 Å². The van der Waals surface area contributed by atoms with Crippen LogP contribution in [-0.2, 0) is 6.54 Å². The van der Waals surface area contributed by atoms with Gasteiger partial charge in [0.15, 0.2) is 0 Å². The number of aromatic nitrogens is 1. The van der Waals surface area contributed by atoms with Crippen molar-refractivity contribution >= 4 is 0 Å². The molecule has 2 aromatic rings. The Labute approximate surface area is 158 Å². The summed E-state index contributed by atoms with van der Waals surface area (Å²) in [6.07, 6.45) is 0.571. The number of ether oxygens (including phenoxy) is 2. The first kappa shape index (κ1) is 18.1. The molecule has 2 aliphatic rings. The SMILES string of the molecule is COc1ccc(OCC(O)CN2C[C@H]3C[C@H](C2)c2cccc(=O)n2C3)cc1. The van der Waals surface area contributed by atoms with Crippen LogP contribution in [0.25, 0.3) is 0 Å². The van der Waals surface area contributed by atoms with Crippen LogP contribution in [0.15, 0.2) is 47.3 Å². The van der Waals surface area contributed by atoms with Gasteiger partial charge in [-0.2, -0.15) is 0 Å². The molecule has 6 nitrogen and oxygen atoms in total. The predicted molar refractivity (Wildman–Crippen MR) is 102 cm³/mol. The van der Waals surface area contributed by atoms with E-state index in [1.54, 1.807) is 13.2 Å². The molecular formula is C21H26N2O4. The van der Waals surface area contributed by atoms with Crippen molar-refractivity contribution < 1.29 is 14.6 Å². The Morgan fingerprint density at radius 3 is 2.67 bits per heavy atom. The third kappa shape index (κ3) is 4.01. The molecule has 144 valence electrons. The first-order valence-corrected chi connectivity index (χ1v) is 9.49. The Morgan fingerprint density at radius 2 is 1.89 bits per heavy atom. The van der Waals surface area contributed by atoms with E-state index in [-0.39, 0.29) is 12.2 Å². The van der Waals surface area contributed by atoms with E-state index < -0.39 is 6.10 Å². The fourth-order valence-electron chi connectivity index (χ4n) is 4.36. The maximum Gasteiger partial charge on any atom is 0.250 e. The van der Waals surface area contributed by atoms with Crippen LogP contribution in [0.1, 0.15) is 18.0 Å². The zero-order valence-corrected chi connectivity index (χ0v) is 15.6. The van der Waals surface area contributed by atoms with Crippen LogP contribution in [0.4, 0.5) is 0 Å². The van der Waals surface area contributed by atoms with E-state index in [0.29, 0.717) is 18.4 Å². The molecule has 0 radical (unpaired) electrons. The number of rotatable bonds is 6. The van der Waals surface area contributed by atoms with E-state index in [4.69, 9.17) is 9.47 Å². The minimum absolute atomic E-state index is 0.101. The lowest BCUT2D eigenvalue weighted by Crippen LogP contribution is -2.49. The van der Waals surface area contributed by atoms with Gasteiger partial charge in [-0.15, -0.1) is 0 Å². The molecule has 1 fully saturated rings. The number of aliphatic hydroxyl groups excluding tert-OH is 1. The molecular weight excluding hydrogens is 344 g/mol. The summed E-state index contributed by atoms with van der Waals surface area (Å²) in [5.41, 5.74) is 1.23. The topological polar surface area (TPSA) is 63.9 Å². The second-order valence-electron chi connectivity index (χ2n) is 7.56. The maximum absolute atomic E-state index is 12.1. The van der Waals surface area contributed by atoms with Crippen LogP contribution in [-0.4, -0.2) is 54.0 Å². The van der Waals surface area contributed by atoms with E-state index in [0.717, 1.165) is 43.2 Å². The largest absolute Gasteiger partial charge is 0.497 e. The van der Waals surface area contributed by atoms with Crippen molar-refractivity contribution in [3.05, 3.63) is 58.5 Å². The van der Waals surface area contributed by atoms with E-state index in [2.05, 4.69) is 11.0 Å². The van der Waals surface area contributed by atoms with Gasteiger partial charge in [-0.1, -0.05) is 6.07 Å². The third-order valence-electron chi connectivity index (χ3n) is 5.53. The second-order valence-corrected chi connectivity index (χ2v) is 7.56.